The predicted octanol–water partition coefficient (Wildman–Crippen LogP) is 3.13. The third-order valence-electron chi connectivity index (χ3n) is 5.28. The van der Waals surface area contributed by atoms with Gasteiger partial charge in [-0.3, -0.25) is 9.88 Å². The summed E-state index contributed by atoms with van der Waals surface area (Å²) in [5.74, 6) is 0. The molecule has 0 bridgehead atoms. The van der Waals surface area contributed by atoms with Gasteiger partial charge < -0.3 is 9.47 Å². The summed E-state index contributed by atoms with van der Waals surface area (Å²) in [6.45, 7) is 5.24. The minimum atomic E-state index is 0.0997. The van der Waals surface area contributed by atoms with Crippen molar-refractivity contribution >= 4 is 11.3 Å². The van der Waals surface area contributed by atoms with E-state index >= 15 is 0 Å². The number of thiazole rings is 1. The van der Waals surface area contributed by atoms with E-state index in [-0.39, 0.29) is 5.41 Å². The van der Waals surface area contributed by atoms with Crippen LogP contribution < -0.4 is 0 Å². The minimum absolute atomic E-state index is 0.0997. The first kappa shape index (κ1) is 17.1. The van der Waals surface area contributed by atoms with Gasteiger partial charge in [0.1, 0.15) is 5.01 Å². The molecule has 0 N–H and O–H groups in total. The third kappa shape index (κ3) is 4.08. The summed E-state index contributed by atoms with van der Waals surface area (Å²) in [6.07, 6.45) is 7.40. The maximum Gasteiger partial charge on any atom is 0.107 e. The fourth-order valence-corrected chi connectivity index (χ4v) is 4.75. The average Bonchev–Trinajstić information content (AvgIpc) is 3.15. The topological polar surface area (TPSA) is 47.5 Å². The van der Waals surface area contributed by atoms with Crippen molar-refractivity contribution < 1.29 is 9.47 Å². The Hall–Kier alpha value is -1.34. The van der Waals surface area contributed by atoms with Crippen LogP contribution in [0.4, 0.5) is 0 Å². The first-order valence-electron chi connectivity index (χ1n) is 9.04. The maximum atomic E-state index is 6.14. The Morgan fingerprint density at radius 3 is 3.16 bits per heavy atom. The quantitative estimate of drug-likeness (QED) is 0.793. The highest BCUT2D eigenvalue weighted by Crippen LogP contribution is 2.41. The van der Waals surface area contributed by atoms with Crippen molar-refractivity contribution in [3.63, 3.8) is 0 Å². The summed E-state index contributed by atoms with van der Waals surface area (Å²) in [5, 5.41) is 3.25. The van der Waals surface area contributed by atoms with Crippen molar-refractivity contribution in [3.05, 3.63) is 46.7 Å². The summed E-state index contributed by atoms with van der Waals surface area (Å²) >= 11 is 1.74. The molecule has 0 saturated carbocycles. The molecule has 2 aliphatic heterocycles. The van der Waals surface area contributed by atoms with E-state index in [1.165, 1.54) is 11.4 Å². The van der Waals surface area contributed by atoms with Crippen LogP contribution in [0, 0.1) is 5.41 Å². The molecule has 4 heterocycles. The molecule has 25 heavy (non-hydrogen) atoms. The smallest absolute Gasteiger partial charge is 0.107 e. The van der Waals surface area contributed by atoms with Crippen LogP contribution in [0.3, 0.4) is 0 Å². The van der Waals surface area contributed by atoms with Crippen LogP contribution in [0.15, 0.2) is 36.0 Å². The second-order valence-corrected chi connectivity index (χ2v) is 8.04. The Balaban J connectivity index is 1.40. The molecule has 4 rings (SSSR count). The molecule has 2 saturated heterocycles. The average molecular weight is 359 g/mol. The summed E-state index contributed by atoms with van der Waals surface area (Å²) < 4.78 is 12.3. The summed E-state index contributed by atoms with van der Waals surface area (Å²) in [4.78, 5) is 11.3. The lowest BCUT2D eigenvalue weighted by Gasteiger charge is -2.50. The zero-order valence-electron chi connectivity index (χ0n) is 14.5. The van der Waals surface area contributed by atoms with Gasteiger partial charge in [0.15, 0.2) is 0 Å². The van der Waals surface area contributed by atoms with Crippen LogP contribution in [-0.4, -0.2) is 47.3 Å². The Morgan fingerprint density at radius 1 is 1.32 bits per heavy atom. The van der Waals surface area contributed by atoms with E-state index in [0.29, 0.717) is 12.7 Å². The molecule has 2 fully saturated rings. The predicted molar refractivity (Wildman–Crippen MR) is 97.3 cm³/mol. The molecule has 2 aromatic heterocycles. The van der Waals surface area contributed by atoms with Crippen LogP contribution in [0.5, 0.6) is 0 Å². The molecule has 134 valence electrons. The number of rotatable bonds is 6. The molecule has 0 spiro atoms. The number of piperidine rings is 1. The molecule has 2 atom stereocenters. The lowest BCUT2D eigenvalue weighted by Crippen LogP contribution is -2.56. The fraction of sp³-hybridized carbons (Fsp3) is 0.579. The van der Waals surface area contributed by atoms with Gasteiger partial charge >= 0.3 is 0 Å². The summed E-state index contributed by atoms with van der Waals surface area (Å²) in [6, 6.07) is 5.96. The van der Waals surface area contributed by atoms with Gasteiger partial charge in [-0.15, -0.1) is 11.3 Å². The SMILES string of the molecule is c1ccc(COC[C@]23CCCO[C@@H]2CCN(Cc2nccs2)C3)nc1. The lowest BCUT2D eigenvalue weighted by atomic mass is 9.73. The molecule has 0 aliphatic carbocycles. The second-order valence-electron chi connectivity index (χ2n) is 7.06. The first-order valence-corrected chi connectivity index (χ1v) is 9.92. The van der Waals surface area contributed by atoms with Crippen molar-refractivity contribution in [1.29, 1.82) is 0 Å². The standard InChI is InChI=1S/C19H25N3O2S/c1-2-7-20-16(4-1)13-23-15-19-6-3-10-24-17(19)5-9-22(14-19)12-18-21-8-11-25-18/h1-2,4,7-8,11,17H,3,5-6,9-10,12-15H2/t17-,19-/m1/s1. The lowest BCUT2D eigenvalue weighted by molar-refractivity contribution is -0.156. The normalized spacial score (nSPS) is 27.1. The molecule has 2 aromatic rings. The zero-order chi connectivity index (χ0) is 17.0. The number of nitrogens with zero attached hydrogens (tertiary/aromatic N) is 3. The molecular formula is C19H25N3O2S. The molecular weight excluding hydrogens is 334 g/mol. The number of aromatic nitrogens is 2. The van der Waals surface area contributed by atoms with Gasteiger partial charge in [-0.2, -0.15) is 0 Å². The zero-order valence-corrected chi connectivity index (χ0v) is 15.3. The van der Waals surface area contributed by atoms with E-state index in [9.17, 15) is 0 Å². The van der Waals surface area contributed by atoms with Crippen LogP contribution in [0.1, 0.15) is 30.0 Å². The summed E-state index contributed by atoms with van der Waals surface area (Å²) in [5.41, 5.74) is 1.09. The Bertz CT molecular complexity index is 652. The van der Waals surface area contributed by atoms with Gasteiger partial charge in [-0.1, -0.05) is 6.07 Å². The summed E-state index contributed by atoms with van der Waals surface area (Å²) in [7, 11) is 0. The van der Waals surface area contributed by atoms with Crippen molar-refractivity contribution in [2.75, 3.05) is 26.3 Å². The van der Waals surface area contributed by atoms with E-state index in [1.54, 1.807) is 11.3 Å². The van der Waals surface area contributed by atoms with E-state index < -0.39 is 0 Å². The molecule has 0 amide bonds. The number of ether oxygens (including phenoxy) is 2. The van der Waals surface area contributed by atoms with Crippen LogP contribution in [-0.2, 0) is 22.6 Å². The fourth-order valence-electron chi connectivity index (χ4n) is 4.09. The molecule has 2 aliphatic rings. The highest BCUT2D eigenvalue weighted by Gasteiger charge is 2.46. The van der Waals surface area contributed by atoms with Gasteiger partial charge in [0.2, 0.25) is 0 Å². The van der Waals surface area contributed by atoms with Crippen molar-refractivity contribution in [1.82, 2.24) is 14.9 Å². The highest BCUT2D eigenvalue weighted by atomic mass is 32.1. The second kappa shape index (κ2) is 7.91. The van der Waals surface area contributed by atoms with E-state index in [0.717, 1.165) is 51.4 Å². The van der Waals surface area contributed by atoms with Gasteiger partial charge in [-0.05, 0) is 31.4 Å². The largest absolute Gasteiger partial charge is 0.377 e. The Labute approximate surface area is 153 Å². The monoisotopic (exact) mass is 359 g/mol. The van der Waals surface area contributed by atoms with E-state index in [4.69, 9.17) is 9.47 Å². The van der Waals surface area contributed by atoms with Crippen LogP contribution in [0.25, 0.3) is 0 Å². The molecule has 0 aromatic carbocycles. The maximum absolute atomic E-state index is 6.14. The van der Waals surface area contributed by atoms with Crippen LogP contribution in [0.2, 0.25) is 0 Å². The first-order chi connectivity index (χ1) is 12.3. The number of hydrogen-bond acceptors (Lipinski definition) is 6. The van der Waals surface area contributed by atoms with Crippen molar-refractivity contribution in [2.24, 2.45) is 5.41 Å². The van der Waals surface area contributed by atoms with Gasteiger partial charge in [0.05, 0.1) is 31.6 Å². The molecule has 6 heteroatoms. The van der Waals surface area contributed by atoms with E-state index in [2.05, 4.69) is 20.2 Å². The molecule has 0 radical (unpaired) electrons. The highest BCUT2D eigenvalue weighted by molar-refractivity contribution is 7.09. The molecule has 5 nitrogen and oxygen atoms in total. The number of pyridine rings is 1. The van der Waals surface area contributed by atoms with E-state index in [1.807, 2.05) is 30.6 Å². The Kier molecular flexibility index (Phi) is 5.41. The number of likely N-dealkylation sites (tertiary alicyclic amines) is 1. The minimum Gasteiger partial charge on any atom is -0.377 e. The van der Waals surface area contributed by atoms with Crippen LogP contribution >= 0.6 is 11.3 Å². The van der Waals surface area contributed by atoms with Crippen molar-refractivity contribution in [3.8, 4) is 0 Å². The Morgan fingerprint density at radius 2 is 2.32 bits per heavy atom. The molecule has 0 unspecified atom stereocenters. The van der Waals surface area contributed by atoms with Gasteiger partial charge in [0.25, 0.3) is 0 Å². The number of fused-ring (bicyclic) bond motifs is 1. The third-order valence-corrected chi connectivity index (χ3v) is 6.04. The van der Waals surface area contributed by atoms with Crippen molar-refractivity contribution in [2.45, 2.75) is 38.5 Å². The van der Waals surface area contributed by atoms with Gasteiger partial charge in [-0.25, -0.2) is 4.98 Å². The number of hydrogen-bond donors (Lipinski definition) is 0. The van der Waals surface area contributed by atoms with Gasteiger partial charge in [0, 0.05) is 42.9 Å².